The van der Waals surface area contributed by atoms with Crippen molar-refractivity contribution in [3.63, 3.8) is 0 Å². The summed E-state index contributed by atoms with van der Waals surface area (Å²) in [5.74, 6) is -1.28. The molecule has 0 saturated carbocycles. The van der Waals surface area contributed by atoms with Crippen LogP contribution in [0.2, 0.25) is 0 Å². The number of methoxy groups -OCH3 is 2. The Balaban J connectivity index is 1.86. The number of rotatable bonds is 8. The fraction of sp³-hybridized carbons (Fsp3) is 0.200. The maximum Gasteiger partial charge on any atom is 0.373 e. The highest BCUT2D eigenvalue weighted by Gasteiger charge is 2.34. The monoisotopic (exact) mass is 585 g/mol. The van der Waals surface area contributed by atoms with Gasteiger partial charge in [-0.2, -0.15) is 0 Å². The van der Waals surface area contributed by atoms with E-state index >= 15 is 0 Å². The zero-order valence-electron chi connectivity index (χ0n) is 17.3. The van der Waals surface area contributed by atoms with Crippen LogP contribution >= 0.6 is 31.9 Å². The van der Waals surface area contributed by atoms with Crippen molar-refractivity contribution in [2.24, 2.45) is 5.73 Å². The van der Waals surface area contributed by atoms with Crippen LogP contribution in [0.5, 0.6) is 11.5 Å². The Bertz CT molecular complexity index is 1170. The predicted molar refractivity (Wildman–Crippen MR) is 120 cm³/mol. The maximum atomic E-state index is 12.8. The minimum absolute atomic E-state index is 0.000190. The largest absolute Gasteiger partial charge is 0.493 e. The molecule has 4 amide bonds. The highest BCUT2D eigenvalue weighted by atomic mass is 79.9. The normalized spacial score (nSPS) is 14.4. The van der Waals surface area contributed by atoms with Gasteiger partial charge in [0.2, 0.25) is 5.76 Å². The first-order chi connectivity index (χ1) is 15.7. The van der Waals surface area contributed by atoms with Gasteiger partial charge < -0.3 is 29.7 Å². The summed E-state index contributed by atoms with van der Waals surface area (Å²) >= 11 is 6.76. The number of urea groups is 1. The van der Waals surface area contributed by atoms with Crippen molar-refractivity contribution in [1.82, 2.24) is 10.2 Å². The number of imide groups is 1. The first-order valence-corrected chi connectivity index (χ1v) is 10.7. The number of carbonyl (C=O) groups excluding carboxylic acids is 4. The number of nitrogens with zero attached hydrogens (tertiary/aromatic N) is 1. The standard InChI is InChI=1S/C20H17Br2N3O8/c1-30-13-6-9(15(21)16(22)17(13)32-8-14(23)26)5-11-18(27)25(20(29)24-11)7-10-3-4-12(33-10)19(28)31-2/h3-6H,7-8H2,1-2H3,(H2,23,26)(H,24,29)/b11-5-. The zero-order chi connectivity index (χ0) is 24.3. The number of primary amides is 1. The number of halogens is 2. The number of carbonyl (C=O) groups is 4. The van der Waals surface area contributed by atoms with Gasteiger partial charge in [0.1, 0.15) is 11.5 Å². The van der Waals surface area contributed by atoms with Gasteiger partial charge in [0, 0.05) is 4.47 Å². The molecular weight excluding hydrogens is 570 g/mol. The van der Waals surface area contributed by atoms with Crippen LogP contribution in [0.25, 0.3) is 6.08 Å². The molecule has 1 saturated heterocycles. The van der Waals surface area contributed by atoms with E-state index in [9.17, 15) is 19.2 Å². The summed E-state index contributed by atoms with van der Waals surface area (Å²) in [5.41, 5.74) is 5.60. The van der Waals surface area contributed by atoms with Crippen LogP contribution in [0.15, 0.2) is 37.3 Å². The van der Waals surface area contributed by atoms with E-state index in [1.54, 1.807) is 6.07 Å². The predicted octanol–water partition coefficient (Wildman–Crippen LogP) is 2.56. The van der Waals surface area contributed by atoms with E-state index in [0.717, 1.165) is 4.90 Å². The first kappa shape index (κ1) is 24.3. The van der Waals surface area contributed by atoms with E-state index < -0.39 is 23.8 Å². The molecule has 2 aromatic rings. The van der Waals surface area contributed by atoms with Crippen LogP contribution < -0.4 is 20.5 Å². The minimum Gasteiger partial charge on any atom is -0.493 e. The fourth-order valence-corrected chi connectivity index (χ4v) is 3.79. The molecule has 0 unspecified atom stereocenters. The van der Waals surface area contributed by atoms with Crippen molar-refractivity contribution in [2.75, 3.05) is 20.8 Å². The summed E-state index contributed by atoms with van der Waals surface area (Å²) in [7, 11) is 2.61. The summed E-state index contributed by atoms with van der Waals surface area (Å²) in [5, 5.41) is 2.50. The van der Waals surface area contributed by atoms with Gasteiger partial charge in [-0.15, -0.1) is 0 Å². The molecule has 11 nitrogen and oxygen atoms in total. The highest BCUT2D eigenvalue weighted by Crippen LogP contribution is 2.43. The van der Waals surface area contributed by atoms with Crippen LogP contribution in [0, 0.1) is 0 Å². The number of ether oxygens (including phenoxy) is 3. The van der Waals surface area contributed by atoms with E-state index in [1.807, 2.05) is 0 Å². The molecule has 2 heterocycles. The lowest BCUT2D eigenvalue weighted by Crippen LogP contribution is -2.30. The summed E-state index contributed by atoms with van der Waals surface area (Å²) in [6.45, 7) is -0.553. The van der Waals surface area contributed by atoms with Gasteiger partial charge in [-0.25, -0.2) is 9.59 Å². The average Bonchev–Trinajstić information content (AvgIpc) is 3.35. The molecule has 0 spiro atoms. The Hall–Kier alpha value is -3.32. The van der Waals surface area contributed by atoms with Crippen molar-refractivity contribution in [2.45, 2.75) is 6.54 Å². The summed E-state index contributed by atoms with van der Waals surface area (Å²) in [6.07, 6.45) is 1.44. The van der Waals surface area contributed by atoms with Crippen LogP contribution in [-0.2, 0) is 20.9 Å². The van der Waals surface area contributed by atoms with E-state index in [4.69, 9.17) is 19.6 Å². The van der Waals surface area contributed by atoms with E-state index in [0.29, 0.717) is 14.5 Å². The van der Waals surface area contributed by atoms with Crippen molar-refractivity contribution in [3.05, 3.63) is 49.9 Å². The Kier molecular flexibility index (Phi) is 7.43. The Morgan fingerprint density at radius 2 is 1.94 bits per heavy atom. The SMILES string of the molecule is COC(=O)c1ccc(CN2C(=O)N/C(=C\c3cc(OC)c(OCC(N)=O)c(Br)c3Br)C2=O)o1. The van der Waals surface area contributed by atoms with Gasteiger partial charge in [-0.05, 0) is 61.7 Å². The topological polar surface area (TPSA) is 150 Å². The summed E-state index contributed by atoms with van der Waals surface area (Å²) in [4.78, 5) is 48.7. The third-order valence-electron chi connectivity index (χ3n) is 4.36. The number of nitrogens with two attached hydrogens (primary N) is 1. The highest BCUT2D eigenvalue weighted by molar-refractivity contribution is 9.13. The van der Waals surface area contributed by atoms with Crippen LogP contribution in [0.1, 0.15) is 21.9 Å². The first-order valence-electron chi connectivity index (χ1n) is 9.14. The third-order valence-corrected chi connectivity index (χ3v) is 6.50. The lowest BCUT2D eigenvalue weighted by Gasteiger charge is -2.14. The van der Waals surface area contributed by atoms with Crippen LogP contribution in [-0.4, -0.2) is 49.5 Å². The van der Waals surface area contributed by atoms with Gasteiger partial charge in [0.05, 0.1) is 25.2 Å². The number of benzene rings is 1. The molecule has 0 radical (unpaired) electrons. The molecule has 1 aromatic heterocycles. The van der Waals surface area contributed by atoms with Gasteiger partial charge >= 0.3 is 12.0 Å². The maximum absolute atomic E-state index is 12.8. The molecule has 33 heavy (non-hydrogen) atoms. The van der Waals surface area contributed by atoms with E-state index in [2.05, 4.69) is 41.9 Å². The van der Waals surface area contributed by atoms with Crippen molar-refractivity contribution in [3.8, 4) is 11.5 Å². The van der Waals surface area contributed by atoms with Gasteiger partial charge in [0.25, 0.3) is 11.8 Å². The molecule has 1 aliphatic rings. The lowest BCUT2D eigenvalue weighted by atomic mass is 10.1. The molecular formula is C20H17Br2N3O8. The second-order valence-corrected chi connectivity index (χ2v) is 8.10. The molecule has 1 aliphatic heterocycles. The van der Waals surface area contributed by atoms with Gasteiger partial charge in [-0.3, -0.25) is 14.5 Å². The second-order valence-electron chi connectivity index (χ2n) is 6.52. The van der Waals surface area contributed by atoms with Crippen molar-refractivity contribution < 1.29 is 37.8 Å². The molecule has 0 atom stereocenters. The number of esters is 1. The van der Waals surface area contributed by atoms with Crippen LogP contribution in [0.4, 0.5) is 4.79 Å². The number of furan rings is 1. The second kappa shape index (κ2) is 10.1. The quantitative estimate of drug-likeness (QED) is 0.272. The van der Waals surface area contributed by atoms with Gasteiger partial charge in [-0.1, -0.05) is 0 Å². The molecule has 13 heteroatoms. The number of amides is 4. The van der Waals surface area contributed by atoms with Crippen molar-refractivity contribution in [1.29, 1.82) is 0 Å². The molecule has 0 aliphatic carbocycles. The summed E-state index contributed by atoms with van der Waals surface area (Å²) < 4.78 is 21.5. The third kappa shape index (κ3) is 5.20. The smallest absolute Gasteiger partial charge is 0.373 e. The number of nitrogens with one attached hydrogen (secondary N) is 1. The van der Waals surface area contributed by atoms with Gasteiger partial charge in [0.15, 0.2) is 18.1 Å². The molecule has 3 N–H and O–H groups in total. The molecule has 1 fully saturated rings. The zero-order valence-corrected chi connectivity index (χ0v) is 20.4. The molecule has 174 valence electrons. The Labute approximate surface area is 204 Å². The van der Waals surface area contributed by atoms with E-state index in [1.165, 1.54) is 32.4 Å². The Morgan fingerprint density at radius 3 is 2.58 bits per heavy atom. The number of hydrogen-bond donors (Lipinski definition) is 2. The molecule has 1 aromatic carbocycles. The molecule has 3 rings (SSSR count). The van der Waals surface area contributed by atoms with E-state index in [-0.39, 0.29) is 41.9 Å². The minimum atomic E-state index is -0.674. The molecule has 0 bridgehead atoms. The Morgan fingerprint density at radius 1 is 1.21 bits per heavy atom. The fourth-order valence-electron chi connectivity index (χ4n) is 2.84. The van der Waals surface area contributed by atoms with Crippen LogP contribution in [0.3, 0.4) is 0 Å². The average molecular weight is 587 g/mol. The lowest BCUT2D eigenvalue weighted by molar-refractivity contribution is -0.123. The van der Waals surface area contributed by atoms with Crippen molar-refractivity contribution >= 4 is 61.8 Å². The number of hydrogen-bond acceptors (Lipinski definition) is 8. The summed E-state index contributed by atoms with van der Waals surface area (Å²) in [6, 6.07) is 3.75.